The zero-order valence-electron chi connectivity index (χ0n) is 10.0. The van der Waals surface area contributed by atoms with E-state index in [1.807, 2.05) is 0 Å². The molecule has 0 spiro atoms. The summed E-state index contributed by atoms with van der Waals surface area (Å²) < 4.78 is 5.04. The van der Waals surface area contributed by atoms with Gasteiger partial charge in [0.15, 0.2) is 0 Å². The van der Waals surface area contributed by atoms with Crippen molar-refractivity contribution in [2.24, 2.45) is 5.73 Å². The van der Waals surface area contributed by atoms with Crippen molar-refractivity contribution in [3.63, 3.8) is 0 Å². The molecule has 0 radical (unpaired) electrons. The Bertz CT molecular complexity index is 420. The summed E-state index contributed by atoms with van der Waals surface area (Å²) in [7, 11) is 3.26. The fourth-order valence-corrected chi connectivity index (χ4v) is 1.40. The monoisotopic (exact) mass is 232 g/mol. The Morgan fingerprint density at radius 3 is 2.59 bits per heavy atom. The van der Waals surface area contributed by atoms with E-state index in [0.29, 0.717) is 0 Å². The predicted molar refractivity (Wildman–Crippen MR) is 67.8 cm³/mol. The molecule has 1 aromatic rings. The Kier molecular flexibility index (Phi) is 4.56. The molecule has 1 atom stereocenters. The van der Waals surface area contributed by atoms with Gasteiger partial charge in [0, 0.05) is 19.2 Å². The van der Waals surface area contributed by atoms with E-state index in [9.17, 15) is 4.79 Å². The number of likely N-dealkylation sites (N-methyl/N-ethyl adjacent to an activating group) is 1. The van der Waals surface area contributed by atoms with Gasteiger partial charge in [0.1, 0.15) is 5.75 Å². The maximum absolute atomic E-state index is 11.9. The molecular formula is C13H16N2O2. The highest BCUT2D eigenvalue weighted by molar-refractivity contribution is 5.96. The summed E-state index contributed by atoms with van der Waals surface area (Å²) in [4.78, 5) is 13.3. The van der Waals surface area contributed by atoms with E-state index in [-0.39, 0.29) is 12.3 Å². The zero-order valence-corrected chi connectivity index (χ0v) is 10.0. The van der Waals surface area contributed by atoms with Crippen molar-refractivity contribution in [3.8, 4) is 18.1 Å². The van der Waals surface area contributed by atoms with Crippen LogP contribution in [0.4, 0.5) is 5.69 Å². The molecule has 1 aromatic carbocycles. The number of hydrogen-bond acceptors (Lipinski definition) is 3. The molecule has 0 bridgehead atoms. The summed E-state index contributed by atoms with van der Waals surface area (Å²) in [6, 6.07) is 6.49. The molecule has 4 nitrogen and oxygen atoms in total. The van der Waals surface area contributed by atoms with Crippen LogP contribution in [0.25, 0.3) is 0 Å². The third-order valence-electron chi connectivity index (χ3n) is 2.45. The Hall–Kier alpha value is -1.99. The van der Waals surface area contributed by atoms with Crippen molar-refractivity contribution in [1.82, 2.24) is 0 Å². The van der Waals surface area contributed by atoms with Gasteiger partial charge in [-0.3, -0.25) is 4.79 Å². The molecule has 1 rings (SSSR count). The van der Waals surface area contributed by atoms with Gasteiger partial charge in [0.2, 0.25) is 5.91 Å². The second kappa shape index (κ2) is 5.92. The third-order valence-corrected chi connectivity index (χ3v) is 2.45. The van der Waals surface area contributed by atoms with E-state index in [2.05, 4.69) is 5.92 Å². The Balaban J connectivity index is 2.78. The smallest absolute Gasteiger partial charge is 0.244 e. The highest BCUT2D eigenvalue weighted by Gasteiger charge is 2.18. The number of anilines is 1. The van der Waals surface area contributed by atoms with Gasteiger partial charge in [0.25, 0.3) is 0 Å². The van der Waals surface area contributed by atoms with Crippen LogP contribution in [0.1, 0.15) is 6.42 Å². The quantitative estimate of drug-likeness (QED) is 0.788. The standard InChI is InChI=1S/C13H16N2O2/c1-4-5-12(14)13(16)15(2)10-6-8-11(17-3)9-7-10/h1,6-9,12H,5,14H2,2-3H3. The number of ether oxygens (including phenoxy) is 1. The summed E-state index contributed by atoms with van der Waals surface area (Å²) >= 11 is 0. The number of hydrogen-bond donors (Lipinski definition) is 1. The fraction of sp³-hybridized carbons (Fsp3) is 0.308. The third kappa shape index (κ3) is 3.23. The van der Waals surface area contributed by atoms with Crippen LogP contribution < -0.4 is 15.4 Å². The van der Waals surface area contributed by atoms with E-state index in [0.717, 1.165) is 11.4 Å². The molecule has 0 fully saturated rings. The van der Waals surface area contributed by atoms with Crippen LogP contribution in [-0.4, -0.2) is 26.1 Å². The predicted octanol–water partition coefficient (Wildman–Crippen LogP) is 1.01. The molecule has 1 unspecified atom stereocenters. The molecule has 4 heteroatoms. The number of benzene rings is 1. The molecule has 1 amide bonds. The number of nitrogens with two attached hydrogens (primary N) is 1. The van der Waals surface area contributed by atoms with Gasteiger partial charge in [-0.2, -0.15) is 0 Å². The number of nitrogens with zero attached hydrogens (tertiary/aromatic N) is 1. The van der Waals surface area contributed by atoms with Crippen LogP contribution >= 0.6 is 0 Å². The van der Waals surface area contributed by atoms with Gasteiger partial charge in [-0.05, 0) is 24.3 Å². The summed E-state index contributed by atoms with van der Waals surface area (Å²) in [6.07, 6.45) is 5.36. The minimum absolute atomic E-state index is 0.201. The van der Waals surface area contributed by atoms with Crippen molar-refractivity contribution in [2.45, 2.75) is 12.5 Å². The van der Waals surface area contributed by atoms with Crippen LogP contribution in [0.5, 0.6) is 5.75 Å². The van der Waals surface area contributed by atoms with Gasteiger partial charge in [-0.1, -0.05) is 0 Å². The highest BCUT2D eigenvalue weighted by Crippen LogP contribution is 2.18. The Labute approximate surface area is 101 Å². The van der Waals surface area contributed by atoms with Crippen LogP contribution in [-0.2, 0) is 4.79 Å². The first-order valence-corrected chi connectivity index (χ1v) is 5.20. The number of rotatable bonds is 4. The molecule has 2 N–H and O–H groups in total. The molecule has 0 saturated heterocycles. The van der Waals surface area contributed by atoms with Gasteiger partial charge in [-0.25, -0.2) is 0 Å². The number of carbonyl (C=O) groups is 1. The molecule has 0 heterocycles. The minimum atomic E-state index is -0.660. The summed E-state index contributed by atoms with van der Waals surface area (Å²) in [6.45, 7) is 0. The van der Waals surface area contributed by atoms with Crippen LogP contribution in [0.3, 0.4) is 0 Å². The fourth-order valence-electron chi connectivity index (χ4n) is 1.40. The first kappa shape index (κ1) is 13.1. The molecule has 90 valence electrons. The highest BCUT2D eigenvalue weighted by atomic mass is 16.5. The lowest BCUT2D eigenvalue weighted by molar-refractivity contribution is -0.119. The average Bonchev–Trinajstić information content (AvgIpc) is 2.37. The molecule has 0 aliphatic heterocycles. The number of amides is 1. The van der Waals surface area contributed by atoms with Crippen LogP contribution in [0.2, 0.25) is 0 Å². The van der Waals surface area contributed by atoms with Crippen molar-refractivity contribution >= 4 is 11.6 Å². The lowest BCUT2D eigenvalue weighted by Gasteiger charge is -2.20. The van der Waals surface area contributed by atoms with Gasteiger partial charge >= 0.3 is 0 Å². The number of carbonyl (C=O) groups excluding carboxylic acids is 1. The number of terminal acetylenes is 1. The van der Waals surface area contributed by atoms with Gasteiger partial charge in [0.05, 0.1) is 13.2 Å². The maximum Gasteiger partial charge on any atom is 0.244 e. The summed E-state index contributed by atoms with van der Waals surface area (Å²) in [5.41, 5.74) is 6.42. The summed E-state index contributed by atoms with van der Waals surface area (Å²) in [5.74, 6) is 2.92. The van der Waals surface area contributed by atoms with Crippen LogP contribution in [0, 0.1) is 12.3 Å². The first-order valence-electron chi connectivity index (χ1n) is 5.20. The molecule has 0 aliphatic carbocycles. The van der Waals surface area contributed by atoms with Gasteiger partial charge < -0.3 is 15.4 Å². The largest absolute Gasteiger partial charge is 0.497 e. The second-order valence-electron chi connectivity index (χ2n) is 3.61. The molecule has 0 aliphatic rings. The zero-order chi connectivity index (χ0) is 12.8. The maximum atomic E-state index is 11.9. The van der Waals surface area contributed by atoms with E-state index in [1.54, 1.807) is 38.4 Å². The van der Waals surface area contributed by atoms with E-state index >= 15 is 0 Å². The van der Waals surface area contributed by atoms with Crippen molar-refractivity contribution in [3.05, 3.63) is 24.3 Å². The Morgan fingerprint density at radius 2 is 2.12 bits per heavy atom. The minimum Gasteiger partial charge on any atom is -0.497 e. The molecular weight excluding hydrogens is 216 g/mol. The normalized spacial score (nSPS) is 11.4. The molecule has 17 heavy (non-hydrogen) atoms. The number of methoxy groups -OCH3 is 1. The topological polar surface area (TPSA) is 55.6 Å². The molecule has 0 saturated carbocycles. The van der Waals surface area contributed by atoms with E-state index < -0.39 is 6.04 Å². The van der Waals surface area contributed by atoms with Crippen molar-refractivity contribution in [1.29, 1.82) is 0 Å². The first-order chi connectivity index (χ1) is 8.10. The molecule has 0 aromatic heterocycles. The average molecular weight is 232 g/mol. The lowest BCUT2D eigenvalue weighted by Crippen LogP contribution is -2.41. The second-order valence-corrected chi connectivity index (χ2v) is 3.61. The van der Waals surface area contributed by atoms with Crippen LogP contribution in [0.15, 0.2) is 24.3 Å². The van der Waals surface area contributed by atoms with Gasteiger partial charge in [-0.15, -0.1) is 12.3 Å². The van der Waals surface area contributed by atoms with E-state index in [4.69, 9.17) is 16.9 Å². The van der Waals surface area contributed by atoms with E-state index in [1.165, 1.54) is 4.90 Å². The Morgan fingerprint density at radius 1 is 1.53 bits per heavy atom. The lowest BCUT2D eigenvalue weighted by atomic mass is 10.2. The SMILES string of the molecule is C#CCC(N)C(=O)N(C)c1ccc(OC)cc1. The van der Waals surface area contributed by atoms with Crippen molar-refractivity contribution in [2.75, 3.05) is 19.1 Å². The van der Waals surface area contributed by atoms with Crippen molar-refractivity contribution < 1.29 is 9.53 Å². The summed E-state index contributed by atoms with van der Waals surface area (Å²) in [5, 5.41) is 0.